The first-order chi connectivity index (χ1) is 8.86. The van der Waals surface area contributed by atoms with Gasteiger partial charge in [0.2, 0.25) is 0 Å². The SMILES string of the molecule is COc1ccc(CC2=CCc3ccccc32)cc1. The van der Waals surface area contributed by atoms with Gasteiger partial charge in [-0.3, -0.25) is 0 Å². The van der Waals surface area contributed by atoms with E-state index >= 15 is 0 Å². The molecule has 0 saturated carbocycles. The highest BCUT2D eigenvalue weighted by Gasteiger charge is 2.13. The predicted octanol–water partition coefficient (Wildman–Crippen LogP) is 3.88. The molecule has 2 aromatic rings. The quantitative estimate of drug-likeness (QED) is 0.786. The summed E-state index contributed by atoms with van der Waals surface area (Å²) in [5.41, 5.74) is 5.63. The normalized spacial score (nSPS) is 13.1. The van der Waals surface area contributed by atoms with Crippen molar-refractivity contribution < 1.29 is 4.74 Å². The maximum Gasteiger partial charge on any atom is 0.118 e. The predicted molar refractivity (Wildman–Crippen MR) is 74.8 cm³/mol. The fraction of sp³-hybridized carbons (Fsp3) is 0.176. The van der Waals surface area contributed by atoms with Crippen LogP contribution >= 0.6 is 0 Å². The van der Waals surface area contributed by atoms with Crippen LogP contribution in [0.2, 0.25) is 0 Å². The minimum Gasteiger partial charge on any atom is -0.497 e. The highest BCUT2D eigenvalue weighted by molar-refractivity contribution is 5.74. The molecule has 0 amide bonds. The molecule has 0 spiro atoms. The van der Waals surface area contributed by atoms with Gasteiger partial charge in [-0.2, -0.15) is 0 Å². The van der Waals surface area contributed by atoms with Crippen LogP contribution in [0.5, 0.6) is 5.75 Å². The first kappa shape index (κ1) is 11.1. The van der Waals surface area contributed by atoms with Crippen LogP contribution in [0.3, 0.4) is 0 Å². The molecule has 90 valence electrons. The summed E-state index contributed by atoms with van der Waals surface area (Å²) in [6.45, 7) is 0. The van der Waals surface area contributed by atoms with Crippen molar-refractivity contribution in [2.45, 2.75) is 12.8 Å². The second kappa shape index (κ2) is 4.69. The standard InChI is InChI=1S/C17H16O/c1-18-16-10-6-13(7-11-16)12-15-9-8-14-4-2-3-5-17(14)15/h2-7,9-11H,8,12H2,1H3. The van der Waals surface area contributed by atoms with Gasteiger partial charge in [-0.25, -0.2) is 0 Å². The Bertz CT molecular complexity index is 579. The van der Waals surface area contributed by atoms with Crippen LogP contribution in [0.15, 0.2) is 54.6 Å². The molecule has 18 heavy (non-hydrogen) atoms. The number of hydrogen-bond donors (Lipinski definition) is 0. The zero-order valence-electron chi connectivity index (χ0n) is 10.5. The third kappa shape index (κ3) is 2.04. The van der Waals surface area contributed by atoms with Gasteiger partial charge in [-0.1, -0.05) is 42.5 Å². The van der Waals surface area contributed by atoms with Crippen LogP contribution < -0.4 is 4.74 Å². The summed E-state index contributed by atoms with van der Waals surface area (Å²) in [7, 11) is 1.70. The topological polar surface area (TPSA) is 9.23 Å². The first-order valence-corrected chi connectivity index (χ1v) is 6.27. The number of ether oxygens (including phenoxy) is 1. The van der Waals surface area contributed by atoms with Crippen LogP contribution in [0.4, 0.5) is 0 Å². The van der Waals surface area contributed by atoms with Crippen molar-refractivity contribution in [2.75, 3.05) is 7.11 Å². The van der Waals surface area contributed by atoms with E-state index in [1.54, 1.807) is 7.11 Å². The summed E-state index contributed by atoms with van der Waals surface area (Å²) < 4.78 is 5.18. The highest BCUT2D eigenvalue weighted by Crippen LogP contribution is 2.30. The van der Waals surface area contributed by atoms with E-state index in [4.69, 9.17) is 4.74 Å². The van der Waals surface area contributed by atoms with Gasteiger partial charge >= 0.3 is 0 Å². The summed E-state index contributed by atoms with van der Waals surface area (Å²) in [5.74, 6) is 0.916. The minimum atomic E-state index is 0.916. The maximum atomic E-state index is 5.18. The Morgan fingerprint density at radius 1 is 1.00 bits per heavy atom. The Labute approximate surface area is 108 Å². The fourth-order valence-electron chi connectivity index (χ4n) is 2.49. The average Bonchev–Trinajstić information content (AvgIpc) is 2.83. The van der Waals surface area contributed by atoms with Crippen LogP contribution in [0.1, 0.15) is 16.7 Å². The molecule has 0 fully saturated rings. The molecule has 0 atom stereocenters. The molecule has 0 radical (unpaired) electrons. The van der Waals surface area contributed by atoms with Crippen molar-refractivity contribution in [3.05, 3.63) is 71.3 Å². The highest BCUT2D eigenvalue weighted by atomic mass is 16.5. The van der Waals surface area contributed by atoms with E-state index in [1.807, 2.05) is 12.1 Å². The monoisotopic (exact) mass is 236 g/mol. The lowest BCUT2D eigenvalue weighted by molar-refractivity contribution is 0.414. The van der Waals surface area contributed by atoms with Gasteiger partial charge in [-0.05, 0) is 47.2 Å². The molecule has 1 heteroatoms. The van der Waals surface area contributed by atoms with E-state index in [9.17, 15) is 0 Å². The van der Waals surface area contributed by atoms with Gasteiger partial charge in [0, 0.05) is 0 Å². The van der Waals surface area contributed by atoms with E-state index in [-0.39, 0.29) is 0 Å². The Hall–Kier alpha value is -2.02. The smallest absolute Gasteiger partial charge is 0.118 e. The Kier molecular flexibility index (Phi) is 2.89. The van der Waals surface area contributed by atoms with Crippen molar-refractivity contribution >= 4 is 5.57 Å². The van der Waals surface area contributed by atoms with Crippen molar-refractivity contribution in [1.82, 2.24) is 0 Å². The van der Waals surface area contributed by atoms with Crippen LogP contribution in [0, 0.1) is 0 Å². The summed E-state index contributed by atoms with van der Waals surface area (Å²) in [5, 5.41) is 0. The van der Waals surface area contributed by atoms with Crippen molar-refractivity contribution in [3.8, 4) is 5.75 Å². The number of benzene rings is 2. The molecule has 0 unspecified atom stereocenters. The molecule has 1 aliphatic carbocycles. The molecule has 0 heterocycles. The third-order valence-electron chi connectivity index (χ3n) is 3.49. The summed E-state index contributed by atoms with van der Waals surface area (Å²) in [6, 6.07) is 17.0. The molecule has 0 N–H and O–H groups in total. The molecular weight excluding hydrogens is 220 g/mol. The number of hydrogen-bond acceptors (Lipinski definition) is 1. The molecule has 3 rings (SSSR count). The summed E-state index contributed by atoms with van der Waals surface area (Å²) in [6.07, 6.45) is 4.41. The summed E-state index contributed by atoms with van der Waals surface area (Å²) in [4.78, 5) is 0. The molecule has 0 saturated heterocycles. The lowest BCUT2D eigenvalue weighted by Crippen LogP contribution is -1.90. The van der Waals surface area contributed by atoms with Crippen molar-refractivity contribution in [1.29, 1.82) is 0 Å². The van der Waals surface area contributed by atoms with Gasteiger partial charge in [0.05, 0.1) is 7.11 Å². The van der Waals surface area contributed by atoms with E-state index in [0.717, 1.165) is 18.6 Å². The maximum absolute atomic E-state index is 5.18. The van der Waals surface area contributed by atoms with Crippen molar-refractivity contribution in [2.24, 2.45) is 0 Å². The average molecular weight is 236 g/mol. The Morgan fingerprint density at radius 3 is 2.56 bits per heavy atom. The molecular formula is C17H16O. The lowest BCUT2D eigenvalue weighted by Gasteiger charge is -2.07. The van der Waals surface area contributed by atoms with E-state index in [2.05, 4.69) is 42.5 Å². The van der Waals surface area contributed by atoms with Crippen molar-refractivity contribution in [3.63, 3.8) is 0 Å². The largest absolute Gasteiger partial charge is 0.497 e. The zero-order valence-corrected chi connectivity index (χ0v) is 10.5. The molecule has 0 aliphatic heterocycles. The van der Waals surface area contributed by atoms with Gasteiger partial charge in [0.15, 0.2) is 0 Å². The third-order valence-corrected chi connectivity index (χ3v) is 3.49. The van der Waals surface area contributed by atoms with Gasteiger partial charge in [0.1, 0.15) is 5.75 Å². The zero-order chi connectivity index (χ0) is 12.4. The van der Waals surface area contributed by atoms with Crippen LogP contribution in [-0.2, 0) is 12.8 Å². The number of allylic oxidation sites excluding steroid dienone is 2. The van der Waals surface area contributed by atoms with Gasteiger partial charge in [0.25, 0.3) is 0 Å². The lowest BCUT2D eigenvalue weighted by atomic mass is 9.99. The fourth-order valence-corrected chi connectivity index (χ4v) is 2.49. The van der Waals surface area contributed by atoms with E-state index < -0.39 is 0 Å². The van der Waals surface area contributed by atoms with Crippen LogP contribution in [-0.4, -0.2) is 7.11 Å². The van der Waals surface area contributed by atoms with Gasteiger partial charge < -0.3 is 4.74 Å². The second-order valence-corrected chi connectivity index (χ2v) is 4.62. The van der Waals surface area contributed by atoms with Gasteiger partial charge in [-0.15, -0.1) is 0 Å². The Morgan fingerprint density at radius 2 is 1.78 bits per heavy atom. The first-order valence-electron chi connectivity index (χ1n) is 6.27. The van der Waals surface area contributed by atoms with E-state index in [0.29, 0.717) is 0 Å². The number of fused-ring (bicyclic) bond motifs is 1. The Balaban J connectivity index is 1.81. The molecule has 2 aromatic carbocycles. The number of rotatable bonds is 3. The minimum absolute atomic E-state index is 0.916. The molecule has 1 aliphatic rings. The molecule has 1 nitrogen and oxygen atoms in total. The summed E-state index contributed by atoms with van der Waals surface area (Å²) >= 11 is 0. The van der Waals surface area contributed by atoms with E-state index in [1.165, 1.54) is 22.3 Å². The van der Waals surface area contributed by atoms with Crippen LogP contribution in [0.25, 0.3) is 5.57 Å². The molecule has 0 bridgehead atoms. The molecule has 0 aromatic heterocycles. The number of methoxy groups -OCH3 is 1. The second-order valence-electron chi connectivity index (χ2n) is 4.62.